The summed E-state index contributed by atoms with van der Waals surface area (Å²) in [5, 5.41) is 12.3. The molecule has 0 spiro atoms. The number of aliphatic imine (C=N–C) groups is 1. The Bertz CT molecular complexity index is 3630. The Morgan fingerprint density at radius 1 is 0.600 bits per heavy atom. The third-order valence-electron chi connectivity index (χ3n) is 25.9. The average molecular weight is 1070 g/mol. The van der Waals surface area contributed by atoms with Crippen LogP contribution >= 0.6 is 0 Å². The molecule has 10 heteroatoms. The number of ether oxygens (including phenoxy) is 6. The van der Waals surface area contributed by atoms with E-state index in [9.17, 15) is 10.1 Å². The van der Waals surface area contributed by atoms with Crippen LogP contribution in [0.3, 0.4) is 0 Å². The maximum atomic E-state index is 12.3. The van der Waals surface area contributed by atoms with Crippen molar-refractivity contribution in [1.82, 2.24) is 0 Å². The molecule has 0 radical (unpaired) electrons. The molecule has 15 aliphatic carbocycles. The topological polar surface area (TPSA) is 111 Å². The second-order valence-electron chi connectivity index (χ2n) is 29.6. The van der Waals surface area contributed by atoms with Crippen LogP contribution < -0.4 is 9.47 Å². The van der Waals surface area contributed by atoms with Crippen LogP contribution in [0.1, 0.15) is 152 Å². The van der Waals surface area contributed by atoms with Crippen LogP contribution in [-0.4, -0.2) is 76.7 Å². The lowest BCUT2D eigenvalue weighted by Crippen LogP contribution is -2.46. The molecule has 21 rings (SSSR count). The molecule has 17 atom stereocenters. The molecule has 17 unspecified atom stereocenters. The minimum Gasteiger partial charge on any atom is -0.493 e. The summed E-state index contributed by atoms with van der Waals surface area (Å²) < 4.78 is 37.0. The van der Waals surface area contributed by atoms with Gasteiger partial charge >= 0.3 is 0 Å². The van der Waals surface area contributed by atoms with Gasteiger partial charge in [-0.3, -0.25) is 15.1 Å². The van der Waals surface area contributed by atoms with Crippen molar-refractivity contribution in [1.29, 1.82) is 0 Å². The van der Waals surface area contributed by atoms with E-state index in [1.807, 2.05) is 83.5 Å². The maximum Gasteiger partial charge on any atom is 0.269 e. The number of allylic oxidation sites excluding steroid dienone is 10. The highest BCUT2D eigenvalue weighted by Crippen LogP contribution is 2.87. The summed E-state index contributed by atoms with van der Waals surface area (Å²) in [4.78, 5) is 18.3. The number of nitrogens with zero attached hydrogens (tertiary/aromatic N) is 2. The summed E-state index contributed by atoms with van der Waals surface area (Å²) in [5.74, 6) is 10.9. The van der Waals surface area contributed by atoms with Crippen molar-refractivity contribution < 1.29 is 33.3 Å². The molecule has 3 aromatic carbocycles. The standard InChI is InChI=1S/C70H70N2O8/c1-69(26-77-27-69)24-75-17-3-19-79-33-21-31(22-34(23-33)80-20-4-18-76-25-70(2)28-78-29-70)68-66-52-42-16-14-40-38-12-10-36-35-9-11-37-39-13-15-41-49-47(39)54-45(37)43(35)53-44(36)46(38)55-48(40)50(42)57-59(52)58(56(49)63-61(54)60(53)62(55)64(57)63)51(41)65(66)67(71-68)30-5-7-32(8-6-30)72(73)74/h5-8,21-23,35-37,39,41,43-45,48,50-51,57-59,65-67H,3-4,9-20,24-29H2,1-2H3. The summed E-state index contributed by atoms with van der Waals surface area (Å²) in [6.07, 6.45) is 12.2. The molecule has 80 heavy (non-hydrogen) atoms. The first-order chi connectivity index (χ1) is 39.3. The van der Waals surface area contributed by atoms with Crippen molar-refractivity contribution >= 4 is 22.5 Å². The number of non-ortho nitro benzene ring substituents is 1. The SMILES string of the molecule is CC1(COCCCOc2cc(OCCCOCC3(C)COC3)cc(C3=NC(c4ccc([N+](=O)[O-])cc4)C4C3C3=C5CCC6=C7CCC8C9C7=C7C%10=C%11c%12c%13c%14c%15c%16c%12C(C3C%11C5C67)C4C%16CCC%15C3CCC8C(C9=C%10%13)C%143)c2)COC1. The fourth-order valence-electron chi connectivity index (χ4n) is 23.9. The zero-order valence-electron chi connectivity index (χ0n) is 46.2. The van der Waals surface area contributed by atoms with Crippen LogP contribution in [0.2, 0.25) is 0 Å². The summed E-state index contributed by atoms with van der Waals surface area (Å²) in [6, 6.07) is 14.2. The summed E-state index contributed by atoms with van der Waals surface area (Å²) in [5.41, 5.74) is 33.6. The first-order valence-electron chi connectivity index (χ1n) is 31.7. The van der Waals surface area contributed by atoms with Gasteiger partial charge < -0.3 is 28.4 Å². The van der Waals surface area contributed by atoms with E-state index in [0.717, 1.165) is 91.5 Å². The maximum absolute atomic E-state index is 12.3. The summed E-state index contributed by atoms with van der Waals surface area (Å²) in [7, 11) is 0. The Labute approximate surface area is 467 Å². The highest BCUT2D eigenvalue weighted by Gasteiger charge is 2.76. The molecule has 3 heterocycles. The molecule has 7 fully saturated rings. The first kappa shape index (κ1) is 45.4. The van der Waals surface area contributed by atoms with E-state index in [1.54, 1.807) is 17.7 Å². The van der Waals surface area contributed by atoms with Gasteiger partial charge in [-0.1, -0.05) is 42.7 Å². The number of fused-ring (bicyclic) bond motifs is 6. The van der Waals surface area contributed by atoms with Crippen molar-refractivity contribution in [2.75, 3.05) is 66.1 Å². The largest absolute Gasteiger partial charge is 0.493 e. The normalized spacial score (nSPS) is 39.9. The van der Waals surface area contributed by atoms with Crippen molar-refractivity contribution in [2.45, 2.75) is 108 Å². The zero-order valence-corrected chi connectivity index (χ0v) is 46.2. The van der Waals surface area contributed by atoms with E-state index >= 15 is 0 Å². The van der Waals surface area contributed by atoms with Crippen molar-refractivity contribution in [3.8, 4) is 11.5 Å². The Morgan fingerprint density at radius 3 is 2.02 bits per heavy atom. The molecule has 0 bridgehead atoms. The molecule has 0 N–H and O–H groups in total. The highest BCUT2D eigenvalue weighted by atomic mass is 16.6. The molecule has 3 aliphatic heterocycles. The molecule has 2 saturated heterocycles. The van der Waals surface area contributed by atoms with Crippen LogP contribution in [0.4, 0.5) is 5.69 Å². The Kier molecular flexibility index (Phi) is 8.60. The minimum absolute atomic E-state index is 0.110. The van der Waals surface area contributed by atoms with Gasteiger partial charge in [0, 0.05) is 84.3 Å². The Hall–Kier alpha value is -5.13. The van der Waals surface area contributed by atoms with E-state index in [2.05, 4.69) is 44.2 Å². The Morgan fingerprint density at radius 2 is 1.30 bits per heavy atom. The van der Waals surface area contributed by atoms with Crippen LogP contribution in [0.25, 0.3) is 11.1 Å². The van der Waals surface area contributed by atoms with Gasteiger partial charge in [0.05, 0.1) is 69.5 Å². The van der Waals surface area contributed by atoms with Gasteiger partial charge in [0.1, 0.15) is 11.5 Å². The van der Waals surface area contributed by atoms with Gasteiger partial charge in [0.15, 0.2) is 0 Å². The van der Waals surface area contributed by atoms with Crippen LogP contribution in [0, 0.1) is 92.0 Å². The number of nitro benzene ring substituents is 1. The van der Waals surface area contributed by atoms with Gasteiger partial charge in [-0.2, -0.15) is 0 Å². The third-order valence-corrected chi connectivity index (χ3v) is 25.9. The lowest BCUT2D eigenvalue weighted by atomic mass is 9.50. The molecule has 408 valence electrons. The molecule has 5 saturated carbocycles. The number of hydrogen-bond donors (Lipinski definition) is 0. The second-order valence-corrected chi connectivity index (χ2v) is 29.6. The molecule has 10 nitrogen and oxygen atoms in total. The number of benzene rings is 3. The quantitative estimate of drug-likeness (QED) is 0.0569. The average Bonchev–Trinajstić information content (AvgIpc) is 1.84. The summed E-state index contributed by atoms with van der Waals surface area (Å²) in [6.45, 7) is 11.3. The zero-order chi connectivity index (χ0) is 52.1. The monoisotopic (exact) mass is 1070 g/mol. The van der Waals surface area contributed by atoms with Crippen molar-refractivity contribution in [3.05, 3.63) is 142 Å². The molecular weight excluding hydrogens is 997 g/mol. The van der Waals surface area contributed by atoms with Gasteiger partial charge in [-0.05, 0) is 212 Å². The number of nitro groups is 1. The first-order valence-corrected chi connectivity index (χ1v) is 31.7. The Balaban J connectivity index is 0.745. The predicted octanol–water partition coefficient (Wildman–Crippen LogP) is 12.9. The molecular formula is C70H70N2O8. The van der Waals surface area contributed by atoms with Crippen LogP contribution in [-0.2, 0) is 18.9 Å². The lowest BCUT2D eigenvalue weighted by molar-refractivity contribution is -0.384. The van der Waals surface area contributed by atoms with E-state index in [1.165, 1.54) is 57.1 Å². The number of hydrogen-bond acceptors (Lipinski definition) is 9. The minimum atomic E-state index is -0.238. The molecule has 18 aliphatic rings. The fourth-order valence-corrected chi connectivity index (χ4v) is 23.9. The van der Waals surface area contributed by atoms with E-state index in [4.69, 9.17) is 33.4 Å². The molecule has 0 aromatic heterocycles. The van der Waals surface area contributed by atoms with Crippen molar-refractivity contribution in [2.24, 2.45) is 86.8 Å². The van der Waals surface area contributed by atoms with Gasteiger partial charge in [-0.15, -0.1) is 0 Å². The van der Waals surface area contributed by atoms with Crippen LogP contribution in [0.5, 0.6) is 11.5 Å². The number of rotatable bonds is 17. The van der Waals surface area contributed by atoms with Crippen molar-refractivity contribution in [3.63, 3.8) is 0 Å². The molecule has 0 amide bonds. The van der Waals surface area contributed by atoms with E-state index in [0.29, 0.717) is 92.9 Å². The van der Waals surface area contributed by atoms with Gasteiger partial charge in [0.25, 0.3) is 5.69 Å². The predicted molar refractivity (Wildman–Crippen MR) is 300 cm³/mol. The highest BCUT2D eigenvalue weighted by molar-refractivity contribution is 6.14. The van der Waals surface area contributed by atoms with E-state index < -0.39 is 0 Å². The lowest BCUT2D eigenvalue weighted by Gasteiger charge is -2.52. The van der Waals surface area contributed by atoms with Crippen LogP contribution in [0.15, 0.2) is 92.0 Å². The fraction of sp³-hybridized carbons (Fsp3) is 0.586. The van der Waals surface area contributed by atoms with Gasteiger partial charge in [-0.25, -0.2) is 0 Å². The smallest absolute Gasteiger partial charge is 0.269 e. The van der Waals surface area contributed by atoms with E-state index in [-0.39, 0.29) is 39.3 Å². The third kappa shape index (κ3) is 5.21. The van der Waals surface area contributed by atoms with Gasteiger partial charge in [0.2, 0.25) is 0 Å². The summed E-state index contributed by atoms with van der Waals surface area (Å²) >= 11 is 0. The second kappa shape index (κ2) is 15.2. The molecule has 3 aromatic rings.